The van der Waals surface area contributed by atoms with Gasteiger partial charge in [0, 0.05) is 19.3 Å². The smallest absolute Gasteiger partial charge is 0.129 e. The summed E-state index contributed by atoms with van der Waals surface area (Å²) >= 11 is 3.34. The van der Waals surface area contributed by atoms with E-state index in [1.54, 1.807) is 6.07 Å². The highest BCUT2D eigenvalue weighted by Crippen LogP contribution is 2.25. The highest BCUT2D eigenvalue weighted by Gasteiger charge is 2.04. The largest absolute Gasteiger partial charge is 0.507 e. The van der Waals surface area contributed by atoms with Crippen LogP contribution in [0.2, 0.25) is 0 Å². The molecule has 0 atom stereocenters. The number of rotatable bonds is 4. The third-order valence-electron chi connectivity index (χ3n) is 3.22. The van der Waals surface area contributed by atoms with Gasteiger partial charge in [0.2, 0.25) is 0 Å². The molecule has 0 aromatic heterocycles. The molecule has 0 aliphatic heterocycles. The van der Waals surface area contributed by atoms with Crippen molar-refractivity contribution in [3.8, 4) is 5.75 Å². The van der Waals surface area contributed by atoms with E-state index in [2.05, 4.69) is 59.1 Å². The molecule has 100 valence electrons. The van der Waals surface area contributed by atoms with E-state index in [1.807, 2.05) is 12.1 Å². The number of aromatic hydroxyl groups is 1. The van der Waals surface area contributed by atoms with Gasteiger partial charge in [-0.05, 0) is 57.7 Å². The molecule has 0 spiro atoms. The number of phenolic OH excluding ortho intramolecular Hbond substituents is 1. The van der Waals surface area contributed by atoms with Crippen molar-refractivity contribution in [2.24, 2.45) is 0 Å². The summed E-state index contributed by atoms with van der Waals surface area (Å²) in [6.45, 7) is 2.97. The zero-order valence-corrected chi connectivity index (χ0v) is 12.8. The van der Waals surface area contributed by atoms with Gasteiger partial charge < -0.3 is 10.0 Å². The topological polar surface area (TPSA) is 23.5 Å². The average Bonchev–Trinajstić information content (AvgIpc) is 2.43. The van der Waals surface area contributed by atoms with Crippen LogP contribution in [0, 0.1) is 0 Å². The quantitative estimate of drug-likeness (QED) is 0.905. The van der Waals surface area contributed by atoms with E-state index in [0.717, 1.165) is 23.0 Å². The molecule has 2 aromatic rings. The number of halogens is 1. The monoisotopic (exact) mass is 319 g/mol. The van der Waals surface area contributed by atoms with Crippen LogP contribution in [-0.4, -0.2) is 12.2 Å². The Hall–Kier alpha value is -1.48. The first-order valence-corrected chi connectivity index (χ1v) is 7.17. The van der Waals surface area contributed by atoms with E-state index < -0.39 is 0 Å². The van der Waals surface area contributed by atoms with Crippen molar-refractivity contribution in [3.05, 3.63) is 58.1 Å². The molecule has 2 aromatic carbocycles. The molecule has 0 saturated carbocycles. The van der Waals surface area contributed by atoms with Gasteiger partial charge in [-0.1, -0.05) is 25.1 Å². The standard InChI is InChI=1S/C16H18BrNO/c1-3-12-4-7-14(8-5-12)18(2)11-13-6-9-16(19)15(17)10-13/h4-10,19H,3,11H2,1-2H3. The Morgan fingerprint density at radius 3 is 2.26 bits per heavy atom. The van der Waals surface area contributed by atoms with Crippen molar-refractivity contribution in [2.75, 3.05) is 11.9 Å². The number of hydrogen-bond donors (Lipinski definition) is 1. The number of nitrogens with zero attached hydrogens (tertiary/aromatic N) is 1. The molecule has 0 unspecified atom stereocenters. The summed E-state index contributed by atoms with van der Waals surface area (Å²) in [7, 11) is 2.07. The van der Waals surface area contributed by atoms with Crippen LogP contribution in [0.25, 0.3) is 0 Å². The second-order valence-electron chi connectivity index (χ2n) is 4.66. The molecular formula is C16H18BrNO. The Kier molecular flexibility index (Phi) is 4.48. The molecule has 0 heterocycles. The third-order valence-corrected chi connectivity index (χ3v) is 3.85. The molecule has 0 radical (unpaired) electrons. The lowest BCUT2D eigenvalue weighted by atomic mass is 10.1. The van der Waals surface area contributed by atoms with Gasteiger partial charge in [-0.3, -0.25) is 0 Å². The summed E-state index contributed by atoms with van der Waals surface area (Å²) in [5.41, 5.74) is 3.71. The van der Waals surface area contributed by atoms with E-state index in [-0.39, 0.29) is 5.75 Å². The SMILES string of the molecule is CCc1ccc(N(C)Cc2ccc(O)c(Br)c2)cc1. The van der Waals surface area contributed by atoms with Crippen molar-refractivity contribution in [1.29, 1.82) is 0 Å². The fraction of sp³-hybridized carbons (Fsp3) is 0.250. The van der Waals surface area contributed by atoms with Gasteiger partial charge in [-0.15, -0.1) is 0 Å². The van der Waals surface area contributed by atoms with Crippen LogP contribution in [0.5, 0.6) is 5.75 Å². The Bertz CT molecular complexity index is 551. The van der Waals surface area contributed by atoms with Crippen molar-refractivity contribution < 1.29 is 5.11 Å². The molecule has 2 nitrogen and oxygen atoms in total. The second-order valence-corrected chi connectivity index (χ2v) is 5.52. The molecule has 0 bridgehead atoms. The molecule has 0 aliphatic rings. The zero-order valence-electron chi connectivity index (χ0n) is 11.2. The van der Waals surface area contributed by atoms with Crippen LogP contribution < -0.4 is 4.90 Å². The van der Waals surface area contributed by atoms with E-state index in [1.165, 1.54) is 11.3 Å². The Balaban J connectivity index is 2.10. The molecule has 3 heteroatoms. The lowest BCUT2D eigenvalue weighted by molar-refractivity contribution is 0.471. The van der Waals surface area contributed by atoms with Crippen molar-refractivity contribution in [2.45, 2.75) is 19.9 Å². The van der Waals surface area contributed by atoms with Crippen molar-refractivity contribution in [3.63, 3.8) is 0 Å². The molecule has 2 rings (SSSR count). The van der Waals surface area contributed by atoms with Crippen molar-refractivity contribution in [1.82, 2.24) is 0 Å². The van der Waals surface area contributed by atoms with Crippen LogP contribution in [-0.2, 0) is 13.0 Å². The number of hydrogen-bond acceptors (Lipinski definition) is 2. The van der Waals surface area contributed by atoms with Gasteiger partial charge in [-0.2, -0.15) is 0 Å². The minimum atomic E-state index is 0.277. The summed E-state index contributed by atoms with van der Waals surface area (Å²) in [4.78, 5) is 2.19. The van der Waals surface area contributed by atoms with Gasteiger partial charge in [0.1, 0.15) is 5.75 Å². The van der Waals surface area contributed by atoms with E-state index in [0.29, 0.717) is 0 Å². The fourth-order valence-electron chi connectivity index (χ4n) is 2.00. The summed E-state index contributed by atoms with van der Waals surface area (Å²) in [5, 5.41) is 9.49. The normalized spacial score (nSPS) is 10.5. The molecule has 0 fully saturated rings. The third kappa shape index (κ3) is 3.51. The van der Waals surface area contributed by atoms with Crippen LogP contribution >= 0.6 is 15.9 Å². The summed E-state index contributed by atoms with van der Waals surface area (Å²) < 4.78 is 0.736. The van der Waals surface area contributed by atoms with Crippen LogP contribution in [0.4, 0.5) is 5.69 Å². The highest BCUT2D eigenvalue weighted by molar-refractivity contribution is 9.10. The maximum atomic E-state index is 9.49. The lowest BCUT2D eigenvalue weighted by Crippen LogP contribution is -2.16. The van der Waals surface area contributed by atoms with Crippen LogP contribution in [0.15, 0.2) is 46.9 Å². The first-order chi connectivity index (χ1) is 9.10. The van der Waals surface area contributed by atoms with Gasteiger partial charge >= 0.3 is 0 Å². The first kappa shape index (κ1) is 13.9. The fourth-order valence-corrected chi connectivity index (χ4v) is 2.43. The molecule has 0 saturated heterocycles. The second kappa shape index (κ2) is 6.11. The molecule has 0 amide bonds. The van der Waals surface area contributed by atoms with Gasteiger partial charge in [0.25, 0.3) is 0 Å². The van der Waals surface area contributed by atoms with Crippen LogP contribution in [0.1, 0.15) is 18.1 Å². The minimum absolute atomic E-state index is 0.277. The number of anilines is 1. The molecule has 1 N–H and O–H groups in total. The highest BCUT2D eigenvalue weighted by atomic mass is 79.9. The maximum Gasteiger partial charge on any atom is 0.129 e. The molecule has 0 aliphatic carbocycles. The number of aryl methyl sites for hydroxylation is 1. The van der Waals surface area contributed by atoms with Gasteiger partial charge in [-0.25, -0.2) is 0 Å². The predicted molar refractivity (Wildman–Crippen MR) is 83.7 cm³/mol. The number of phenols is 1. The molecular weight excluding hydrogens is 302 g/mol. The maximum absolute atomic E-state index is 9.49. The minimum Gasteiger partial charge on any atom is -0.507 e. The average molecular weight is 320 g/mol. The van der Waals surface area contributed by atoms with Gasteiger partial charge in [0.15, 0.2) is 0 Å². The summed E-state index contributed by atoms with van der Waals surface area (Å²) in [6, 6.07) is 14.2. The Morgan fingerprint density at radius 1 is 1.05 bits per heavy atom. The van der Waals surface area contributed by atoms with E-state index in [9.17, 15) is 5.11 Å². The Labute approximate surface area is 122 Å². The lowest BCUT2D eigenvalue weighted by Gasteiger charge is -2.20. The van der Waals surface area contributed by atoms with Gasteiger partial charge in [0.05, 0.1) is 4.47 Å². The predicted octanol–water partition coefficient (Wildman–Crippen LogP) is 4.35. The summed E-state index contributed by atoms with van der Waals surface area (Å²) in [6.07, 6.45) is 1.06. The van der Waals surface area contributed by atoms with Crippen molar-refractivity contribution >= 4 is 21.6 Å². The Morgan fingerprint density at radius 2 is 1.68 bits per heavy atom. The first-order valence-electron chi connectivity index (χ1n) is 6.37. The zero-order chi connectivity index (χ0) is 13.8. The molecule has 19 heavy (non-hydrogen) atoms. The van der Waals surface area contributed by atoms with E-state index in [4.69, 9.17) is 0 Å². The number of benzene rings is 2. The summed E-state index contributed by atoms with van der Waals surface area (Å²) in [5.74, 6) is 0.277. The van der Waals surface area contributed by atoms with Crippen LogP contribution in [0.3, 0.4) is 0 Å². The van der Waals surface area contributed by atoms with E-state index >= 15 is 0 Å².